The minimum Gasteiger partial charge on any atom is -1.00 e. The number of hydrogen-bond acceptors (Lipinski definition) is 0. The van der Waals surface area contributed by atoms with Gasteiger partial charge in [-0.1, -0.05) is 32.9 Å². The normalized spacial score (nSPS) is 11.0. The monoisotopic (exact) mass is 482 g/mol. The van der Waals surface area contributed by atoms with E-state index in [1.165, 1.54) is 16.7 Å². The topological polar surface area (TPSA) is 17.6 Å². The van der Waals surface area contributed by atoms with Crippen molar-refractivity contribution in [2.24, 2.45) is 14.1 Å². The Balaban J connectivity index is 0.00000169. The molecule has 6 heteroatoms. The van der Waals surface area contributed by atoms with Crippen molar-refractivity contribution in [1.82, 2.24) is 9.13 Å². The van der Waals surface area contributed by atoms with Gasteiger partial charge in [0.15, 0.2) is 0 Å². The van der Waals surface area contributed by atoms with Crippen molar-refractivity contribution in [3.63, 3.8) is 0 Å². The molecule has 0 fully saturated rings. The number of benzene rings is 1. The lowest BCUT2D eigenvalue weighted by atomic mass is 9.85. The third-order valence-corrected chi connectivity index (χ3v) is 4.30. The molecule has 0 amide bonds. The predicted molar refractivity (Wildman–Crippen MR) is 94.6 cm³/mol. The molecule has 0 aliphatic rings. The standard InChI is InChI=1S/C20H28N4.2BrH/c1-20(2,3)19-11-17(13-23-8-6-21(4)15-23)10-18(12-19)14-24-9-7-22(5)16-24;;/h6-12,15-16H,13-14H2,1-5H3;2*1H/q+2;;/p-2. The Morgan fingerprint density at radius 2 is 1.19 bits per heavy atom. The molecule has 4 nitrogen and oxygen atoms in total. The van der Waals surface area contributed by atoms with Crippen LogP contribution in [-0.4, -0.2) is 9.13 Å². The minimum atomic E-state index is 0. The second-order valence-electron chi connectivity index (χ2n) is 7.79. The molecule has 0 bridgehead atoms. The van der Waals surface area contributed by atoms with Gasteiger partial charge in [-0.2, -0.15) is 0 Å². The van der Waals surface area contributed by atoms with Crippen molar-refractivity contribution in [3.05, 3.63) is 72.3 Å². The molecule has 0 radical (unpaired) electrons. The Morgan fingerprint density at radius 3 is 1.50 bits per heavy atom. The summed E-state index contributed by atoms with van der Waals surface area (Å²) < 4.78 is 8.60. The Labute approximate surface area is 177 Å². The zero-order valence-electron chi connectivity index (χ0n) is 16.2. The fourth-order valence-corrected chi connectivity index (χ4v) is 2.99. The Hall–Kier alpha value is -1.40. The van der Waals surface area contributed by atoms with Gasteiger partial charge in [-0.25, -0.2) is 18.3 Å². The van der Waals surface area contributed by atoms with Crippen LogP contribution in [0.1, 0.15) is 37.5 Å². The smallest absolute Gasteiger partial charge is 0.243 e. The van der Waals surface area contributed by atoms with Crippen molar-refractivity contribution in [3.8, 4) is 0 Å². The summed E-state index contributed by atoms with van der Waals surface area (Å²) in [5.41, 5.74) is 4.24. The molecular formula is C20H28Br2N4. The third kappa shape index (κ3) is 5.81. The molecule has 3 rings (SSSR count). The first kappa shape index (κ1) is 22.6. The van der Waals surface area contributed by atoms with E-state index in [2.05, 4.69) is 109 Å². The van der Waals surface area contributed by atoms with Crippen molar-refractivity contribution in [1.29, 1.82) is 0 Å². The van der Waals surface area contributed by atoms with Crippen LogP contribution < -0.4 is 43.1 Å². The fraction of sp³-hybridized carbons (Fsp3) is 0.400. The van der Waals surface area contributed by atoms with Crippen LogP contribution in [-0.2, 0) is 32.6 Å². The molecule has 0 aliphatic heterocycles. The van der Waals surface area contributed by atoms with Crippen molar-refractivity contribution in [2.45, 2.75) is 39.3 Å². The van der Waals surface area contributed by atoms with E-state index >= 15 is 0 Å². The molecule has 0 N–H and O–H groups in total. The van der Waals surface area contributed by atoms with E-state index in [0.717, 1.165) is 13.1 Å². The maximum absolute atomic E-state index is 2.35. The van der Waals surface area contributed by atoms with Crippen molar-refractivity contribution >= 4 is 0 Å². The molecule has 0 saturated heterocycles. The first-order valence-electron chi connectivity index (χ1n) is 8.45. The highest BCUT2D eigenvalue weighted by atomic mass is 79.9. The third-order valence-electron chi connectivity index (χ3n) is 4.30. The summed E-state index contributed by atoms with van der Waals surface area (Å²) in [6.07, 6.45) is 12.6. The van der Waals surface area contributed by atoms with Crippen LogP contribution in [0.4, 0.5) is 0 Å². The number of rotatable bonds is 4. The second-order valence-corrected chi connectivity index (χ2v) is 7.79. The lowest BCUT2D eigenvalue weighted by Gasteiger charge is -2.21. The number of halogens is 2. The maximum Gasteiger partial charge on any atom is 0.243 e. The summed E-state index contributed by atoms with van der Waals surface area (Å²) in [7, 11) is 4.11. The minimum absolute atomic E-state index is 0. The highest BCUT2D eigenvalue weighted by Gasteiger charge is 2.17. The average Bonchev–Trinajstić information content (AvgIpc) is 3.06. The highest BCUT2D eigenvalue weighted by Crippen LogP contribution is 2.25. The van der Waals surface area contributed by atoms with Gasteiger partial charge in [-0.3, -0.25) is 0 Å². The molecule has 3 aromatic rings. The quantitative estimate of drug-likeness (QED) is 0.340. The molecule has 0 saturated carbocycles. The Morgan fingerprint density at radius 1 is 0.769 bits per heavy atom. The summed E-state index contributed by atoms with van der Waals surface area (Å²) in [5, 5.41) is 0. The summed E-state index contributed by atoms with van der Waals surface area (Å²) in [6, 6.07) is 7.02. The summed E-state index contributed by atoms with van der Waals surface area (Å²) in [4.78, 5) is 0. The van der Waals surface area contributed by atoms with Crippen molar-refractivity contribution in [2.75, 3.05) is 0 Å². The number of aryl methyl sites for hydroxylation is 2. The van der Waals surface area contributed by atoms with Gasteiger partial charge in [0.05, 0.1) is 14.1 Å². The molecule has 0 unspecified atom stereocenters. The molecule has 0 spiro atoms. The van der Waals surface area contributed by atoms with E-state index in [9.17, 15) is 0 Å². The SMILES string of the molecule is C[n+]1ccn(Cc2cc(Cn3cc[n+](C)c3)cc(C(C)(C)C)c2)c1.[Br-].[Br-]. The first-order valence-corrected chi connectivity index (χ1v) is 8.45. The van der Waals surface area contributed by atoms with Crippen LogP contribution in [0.2, 0.25) is 0 Å². The van der Waals surface area contributed by atoms with E-state index in [-0.39, 0.29) is 39.4 Å². The average molecular weight is 484 g/mol. The van der Waals surface area contributed by atoms with E-state index in [1.807, 2.05) is 0 Å². The number of nitrogens with zero attached hydrogens (tertiary/aromatic N) is 4. The molecule has 0 atom stereocenters. The summed E-state index contributed by atoms with van der Waals surface area (Å²) in [6.45, 7) is 8.64. The summed E-state index contributed by atoms with van der Waals surface area (Å²) in [5.74, 6) is 0. The van der Waals surface area contributed by atoms with Gasteiger partial charge in [0.25, 0.3) is 0 Å². The van der Waals surface area contributed by atoms with Gasteiger partial charge in [-0.15, -0.1) is 0 Å². The number of imidazole rings is 2. The van der Waals surface area contributed by atoms with Gasteiger partial charge >= 0.3 is 0 Å². The van der Waals surface area contributed by atoms with Crippen LogP contribution in [0, 0.1) is 0 Å². The van der Waals surface area contributed by atoms with E-state index in [1.54, 1.807) is 0 Å². The zero-order valence-corrected chi connectivity index (χ0v) is 19.3. The number of hydrogen-bond donors (Lipinski definition) is 0. The van der Waals surface area contributed by atoms with Gasteiger partial charge < -0.3 is 34.0 Å². The van der Waals surface area contributed by atoms with E-state index in [0.29, 0.717) is 0 Å². The van der Waals surface area contributed by atoms with Gasteiger partial charge in [0.2, 0.25) is 12.7 Å². The van der Waals surface area contributed by atoms with E-state index in [4.69, 9.17) is 0 Å². The molecular weight excluding hydrogens is 456 g/mol. The second kappa shape index (κ2) is 9.00. The molecule has 1 aromatic carbocycles. The predicted octanol–water partition coefficient (Wildman–Crippen LogP) is -3.66. The van der Waals surface area contributed by atoms with Crippen LogP contribution in [0.25, 0.3) is 0 Å². The molecule has 142 valence electrons. The first-order chi connectivity index (χ1) is 11.3. The Bertz CT molecular complexity index is 783. The lowest BCUT2D eigenvalue weighted by molar-refractivity contribution is -0.671. The molecule has 2 aromatic heterocycles. The highest BCUT2D eigenvalue weighted by molar-refractivity contribution is 5.34. The fourth-order valence-electron chi connectivity index (χ4n) is 2.99. The largest absolute Gasteiger partial charge is 1.00 e. The summed E-state index contributed by atoms with van der Waals surface area (Å²) >= 11 is 0. The van der Waals surface area contributed by atoms with Crippen LogP contribution in [0.15, 0.2) is 55.6 Å². The van der Waals surface area contributed by atoms with Crippen LogP contribution >= 0.6 is 0 Å². The Kier molecular flexibility index (Phi) is 7.84. The zero-order chi connectivity index (χ0) is 17.3. The molecule has 26 heavy (non-hydrogen) atoms. The maximum atomic E-state index is 2.35. The molecule has 2 heterocycles. The van der Waals surface area contributed by atoms with Gasteiger partial charge in [0.1, 0.15) is 37.9 Å². The number of aromatic nitrogens is 4. The van der Waals surface area contributed by atoms with E-state index < -0.39 is 0 Å². The van der Waals surface area contributed by atoms with Crippen molar-refractivity contribution < 1.29 is 43.1 Å². The van der Waals surface area contributed by atoms with Crippen LogP contribution in [0.3, 0.4) is 0 Å². The van der Waals surface area contributed by atoms with Gasteiger partial charge in [-0.05, 0) is 28.2 Å². The van der Waals surface area contributed by atoms with Gasteiger partial charge in [0, 0.05) is 0 Å². The lowest BCUT2D eigenvalue weighted by Crippen LogP contribution is -3.00. The molecule has 0 aliphatic carbocycles. The van der Waals surface area contributed by atoms with Crippen LogP contribution in [0.5, 0.6) is 0 Å².